The Balaban J connectivity index is 2.14. The van der Waals surface area contributed by atoms with Crippen molar-refractivity contribution in [2.24, 2.45) is 0 Å². The lowest BCUT2D eigenvalue weighted by Crippen LogP contribution is -2.23. The largest absolute Gasteiger partial charge is 0.390 e. The first kappa shape index (κ1) is 12.0. The van der Waals surface area contributed by atoms with Gasteiger partial charge in [-0.05, 0) is 32.1 Å². The molecule has 5 nitrogen and oxygen atoms in total. The van der Waals surface area contributed by atoms with Crippen LogP contribution in [0, 0.1) is 0 Å². The van der Waals surface area contributed by atoms with Crippen molar-refractivity contribution in [2.75, 3.05) is 13.6 Å². The highest BCUT2D eigenvalue weighted by molar-refractivity contribution is 5.75. The van der Waals surface area contributed by atoms with Gasteiger partial charge in [0, 0.05) is 18.0 Å². The van der Waals surface area contributed by atoms with Crippen LogP contribution in [0.2, 0.25) is 0 Å². The van der Waals surface area contributed by atoms with Gasteiger partial charge in [-0.3, -0.25) is 4.98 Å². The number of aliphatic hydroxyl groups is 2. The van der Waals surface area contributed by atoms with Crippen LogP contribution in [0.25, 0.3) is 11.0 Å². The van der Waals surface area contributed by atoms with E-state index in [2.05, 4.69) is 15.3 Å². The highest BCUT2D eigenvalue weighted by Crippen LogP contribution is 2.21. The number of pyridine rings is 1. The lowest BCUT2D eigenvalue weighted by Gasteiger charge is -2.17. The third-order valence-corrected chi connectivity index (χ3v) is 2.82. The number of fused-ring (bicyclic) bond motifs is 1. The number of hydrogen-bond acceptors (Lipinski definition) is 4. The topological polar surface area (TPSA) is 81.2 Å². The van der Waals surface area contributed by atoms with Crippen LogP contribution < -0.4 is 5.32 Å². The number of nitrogens with zero attached hydrogens (tertiary/aromatic N) is 1. The van der Waals surface area contributed by atoms with E-state index in [0.717, 1.165) is 11.0 Å². The van der Waals surface area contributed by atoms with E-state index >= 15 is 0 Å². The Morgan fingerprint density at radius 1 is 1.47 bits per heavy atom. The number of aliphatic hydroxyl groups excluding tert-OH is 2. The van der Waals surface area contributed by atoms with Gasteiger partial charge in [0.05, 0.1) is 17.1 Å². The van der Waals surface area contributed by atoms with E-state index in [1.807, 2.05) is 19.2 Å². The molecular formula is C12H17N3O2. The Bertz CT molecular complexity index is 483. The first-order valence-corrected chi connectivity index (χ1v) is 5.66. The predicted octanol–water partition coefficient (Wildman–Crippen LogP) is 0.567. The molecule has 0 amide bonds. The Hall–Kier alpha value is -1.43. The first-order chi connectivity index (χ1) is 8.22. The Morgan fingerprint density at radius 2 is 2.29 bits per heavy atom. The highest BCUT2D eigenvalue weighted by Gasteiger charge is 2.18. The molecular weight excluding hydrogens is 218 g/mol. The van der Waals surface area contributed by atoms with Crippen LogP contribution in [-0.4, -0.2) is 39.9 Å². The van der Waals surface area contributed by atoms with Crippen LogP contribution >= 0.6 is 0 Å². The molecule has 0 spiro atoms. The fraction of sp³-hybridized carbons (Fsp3) is 0.417. The molecule has 0 bridgehead atoms. The number of H-pyrrole nitrogens is 1. The molecule has 0 aliphatic heterocycles. The van der Waals surface area contributed by atoms with Gasteiger partial charge in [0.1, 0.15) is 6.10 Å². The lowest BCUT2D eigenvalue weighted by atomic mass is 10.0. The van der Waals surface area contributed by atoms with Crippen LogP contribution in [0.4, 0.5) is 0 Å². The molecule has 0 saturated heterocycles. The van der Waals surface area contributed by atoms with E-state index < -0.39 is 12.2 Å². The van der Waals surface area contributed by atoms with E-state index in [1.165, 1.54) is 0 Å². The van der Waals surface area contributed by atoms with Crippen molar-refractivity contribution >= 4 is 11.0 Å². The predicted molar refractivity (Wildman–Crippen MR) is 65.6 cm³/mol. The zero-order valence-electron chi connectivity index (χ0n) is 9.72. The molecule has 2 heterocycles. The summed E-state index contributed by atoms with van der Waals surface area (Å²) in [5, 5.41) is 22.7. The maximum Gasteiger partial charge on any atom is 0.106 e. The van der Waals surface area contributed by atoms with Crippen LogP contribution in [0.1, 0.15) is 18.1 Å². The highest BCUT2D eigenvalue weighted by atomic mass is 16.3. The zero-order chi connectivity index (χ0) is 12.3. The average molecular weight is 235 g/mol. The lowest BCUT2D eigenvalue weighted by molar-refractivity contribution is 0.0139. The van der Waals surface area contributed by atoms with Crippen LogP contribution in [-0.2, 0) is 0 Å². The van der Waals surface area contributed by atoms with Crippen molar-refractivity contribution in [3.05, 3.63) is 30.1 Å². The molecule has 92 valence electrons. The third-order valence-electron chi connectivity index (χ3n) is 2.82. The number of hydrogen-bond donors (Lipinski definition) is 4. The summed E-state index contributed by atoms with van der Waals surface area (Å²) in [5.41, 5.74) is 2.34. The SMILES string of the molecule is CNCCC(O)C(O)c1cnc2cc[nH]c2c1. The summed E-state index contributed by atoms with van der Waals surface area (Å²) in [6, 6.07) is 3.68. The molecule has 2 rings (SSSR count). The van der Waals surface area contributed by atoms with Crippen molar-refractivity contribution in [1.82, 2.24) is 15.3 Å². The Kier molecular flexibility index (Phi) is 3.73. The third kappa shape index (κ3) is 2.63. The molecule has 4 N–H and O–H groups in total. The van der Waals surface area contributed by atoms with Crippen LogP contribution in [0.5, 0.6) is 0 Å². The Morgan fingerprint density at radius 3 is 3.06 bits per heavy atom. The minimum absolute atomic E-state index is 0.500. The minimum atomic E-state index is -0.899. The molecule has 2 aromatic heterocycles. The quantitative estimate of drug-likeness (QED) is 0.610. The molecule has 0 aliphatic carbocycles. The molecule has 0 radical (unpaired) electrons. The fourth-order valence-electron chi connectivity index (χ4n) is 1.78. The second-order valence-electron chi connectivity index (χ2n) is 4.08. The summed E-state index contributed by atoms with van der Waals surface area (Å²) in [6.07, 6.45) is 2.22. The minimum Gasteiger partial charge on any atom is -0.390 e. The van der Waals surface area contributed by atoms with Crippen molar-refractivity contribution in [1.29, 1.82) is 0 Å². The van der Waals surface area contributed by atoms with Crippen molar-refractivity contribution in [3.8, 4) is 0 Å². The monoisotopic (exact) mass is 235 g/mol. The molecule has 0 aromatic carbocycles. The molecule has 2 aromatic rings. The van der Waals surface area contributed by atoms with E-state index in [1.54, 1.807) is 12.4 Å². The maximum atomic E-state index is 9.98. The van der Waals surface area contributed by atoms with Gasteiger partial charge in [-0.25, -0.2) is 0 Å². The van der Waals surface area contributed by atoms with Gasteiger partial charge >= 0.3 is 0 Å². The normalized spacial score (nSPS) is 15.0. The van der Waals surface area contributed by atoms with E-state index in [4.69, 9.17) is 0 Å². The number of aromatic nitrogens is 2. The molecule has 0 aliphatic rings. The van der Waals surface area contributed by atoms with Crippen LogP contribution in [0.3, 0.4) is 0 Å². The standard InChI is InChI=1S/C12H17N3O2/c1-13-4-3-11(16)12(17)8-6-10-9(15-7-8)2-5-14-10/h2,5-7,11-14,16-17H,3-4H2,1H3. The maximum absolute atomic E-state index is 9.98. The molecule has 2 unspecified atom stereocenters. The van der Waals surface area contributed by atoms with Gasteiger partial charge in [0.25, 0.3) is 0 Å². The number of aromatic amines is 1. The molecule has 17 heavy (non-hydrogen) atoms. The van der Waals surface area contributed by atoms with Crippen molar-refractivity contribution in [3.63, 3.8) is 0 Å². The molecule has 0 saturated carbocycles. The molecule has 0 fully saturated rings. The van der Waals surface area contributed by atoms with Crippen molar-refractivity contribution < 1.29 is 10.2 Å². The van der Waals surface area contributed by atoms with E-state index in [0.29, 0.717) is 18.5 Å². The fourth-order valence-corrected chi connectivity index (χ4v) is 1.78. The smallest absolute Gasteiger partial charge is 0.106 e. The first-order valence-electron chi connectivity index (χ1n) is 5.66. The number of rotatable bonds is 5. The van der Waals surface area contributed by atoms with Gasteiger partial charge in [-0.15, -0.1) is 0 Å². The molecule has 5 heteroatoms. The average Bonchev–Trinajstić information content (AvgIpc) is 2.81. The second-order valence-corrected chi connectivity index (χ2v) is 4.08. The van der Waals surface area contributed by atoms with Gasteiger partial charge in [0.15, 0.2) is 0 Å². The van der Waals surface area contributed by atoms with Gasteiger partial charge in [-0.2, -0.15) is 0 Å². The number of nitrogens with one attached hydrogen (secondary N) is 2. The van der Waals surface area contributed by atoms with E-state index in [9.17, 15) is 10.2 Å². The summed E-state index contributed by atoms with van der Waals surface area (Å²) in [7, 11) is 1.81. The zero-order valence-corrected chi connectivity index (χ0v) is 9.72. The van der Waals surface area contributed by atoms with Gasteiger partial charge in [0.2, 0.25) is 0 Å². The van der Waals surface area contributed by atoms with Gasteiger partial charge in [-0.1, -0.05) is 0 Å². The van der Waals surface area contributed by atoms with E-state index in [-0.39, 0.29) is 0 Å². The van der Waals surface area contributed by atoms with Crippen molar-refractivity contribution in [2.45, 2.75) is 18.6 Å². The molecule has 2 atom stereocenters. The van der Waals surface area contributed by atoms with Gasteiger partial charge < -0.3 is 20.5 Å². The summed E-state index contributed by atoms with van der Waals surface area (Å²) in [6.45, 7) is 0.663. The Labute approximate surface area is 99.5 Å². The summed E-state index contributed by atoms with van der Waals surface area (Å²) >= 11 is 0. The second kappa shape index (κ2) is 5.27. The summed E-state index contributed by atoms with van der Waals surface area (Å²) in [4.78, 5) is 7.24. The summed E-state index contributed by atoms with van der Waals surface area (Å²) < 4.78 is 0. The van der Waals surface area contributed by atoms with Crippen LogP contribution in [0.15, 0.2) is 24.5 Å². The summed E-state index contributed by atoms with van der Waals surface area (Å²) in [5.74, 6) is 0.